The van der Waals surface area contributed by atoms with Gasteiger partial charge in [0.1, 0.15) is 6.04 Å². The number of aryl methyl sites for hydroxylation is 1. The summed E-state index contributed by atoms with van der Waals surface area (Å²) in [6, 6.07) is 8.69. The third-order valence-electron chi connectivity index (χ3n) is 4.36. The first-order valence-corrected chi connectivity index (χ1v) is 7.48. The molecular formula is C16H22N2O2. The van der Waals surface area contributed by atoms with Crippen LogP contribution in [0.2, 0.25) is 0 Å². The standard InChI is InChI=1S/C16H22N2O2/c1-11-6-7-12-4-2-3-5-15(12)18(11)10-14(16(19)20)17-13-8-9-13/h2-5,11,13-14,17H,6-10H2,1H3,(H,19,20). The molecule has 2 atom stereocenters. The van der Waals surface area contributed by atoms with E-state index in [9.17, 15) is 9.90 Å². The van der Waals surface area contributed by atoms with Crippen molar-refractivity contribution >= 4 is 11.7 Å². The van der Waals surface area contributed by atoms with Crippen molar-refractivity contribution in [2.24, 2.45) is 0 Å². The molecule has 2 aliphatic rings. The van der Waals surface area contributed by atoms with E-state index in [1.165, 1.54) is 11.3 Å². The van der Waals surface area contributed by atoms with Gasteiger partial charge in [-0.3, -0.25) is 4.79 Å². The molecule has 1 saturated carbocycles. The van der Waals surface area contributed by atoms with Gasteiger partial charge in [0.25, 0.3) is 0 Å². The van der Waals surface area contributed by atoms with Crippen molar-refractivity contribution in [2.75, 3.05) is 11.4 Å². The number of benzene rings is 1. The van der Waals surface area contributed by atoms with E-state index in [0.29, 0.717) is 18.6 Å². The van der Waals surface area contributed by atoms with Gasteiger partial charge in [-0.2, -0.15) is 0 Å². The summed E-state index contributed by atoms with van der Waals surface area (Å²) in [5, 5.41) is 12.7. The first kappa shape index (κ1) is 13.4. The highest BCUT2D eigenvalue weighted by atomic mass is 16.4. The van der Waals surface area contributed by atoms with Crippen molar-refractivity contribution in [1.82, 2.24) is 5.32 Å². The van der Waals surface area contributed by atoms with Crippen LogP contribution in [0.5, 0.6) is 0 Å². The molecule has 20 heavy (non-hydrogen) atoms. The largest absolute Gasteiger partial charge is 0.480 e. The topological polar surface area (TPSA) is 52.6 Å². The van der Waals surface area contributed by atoms with E-state index in [2.05, 4.69) is 35.3 Å². The Morgan fingerprint density at radius 2 is 2.15 bits per heavy atom. The molecule has 1 aromatic carbocycles. The van der Waals surface area contributed by atoms with Gasteiger partial charge in [0.05, 0.1) is 0 Å². The highest BCUT2D eigenvalue weighted by molar-refractivity contribution is 5.75. The normalized spacial score (nSPS) is 23.2. The Morgan fingerprint density at radius 3 is 2.85 bits per heavy atom. The average molecular weight is 274 g/mol. The highest BCUT2D eigenvalue weighted by Gasteiger charge is 2.32. The van der Waals surface area contributed by atoms with Gasteiger partial charge in [-0.15, -0.1) is 0 Å². The number of rotatable bonds is 5. The first-order chi connectivity index (χ1) is 9.65. The second kappa shape index (κ2) is 5.44. The van der Waals surface area contributed by atoms with Crippen LogP contribution in [0.4, 0.5) is 5.69 Å². The number of anilines is 1. The SMILES string of the molecule is CC1CCc2ccccc2N1CC(NC1CC1)C(=O)O. The molecule has 1 heterocycles. The molecule has 0 aromatic heterocycles. The summed E-state index contributed by atoms with van der Waals surface area (Å²) < 4.78 is 0. The third kappa shape index (κ3) is 2.80. The number of aliphatic carboxylic acids is 1. The number of carboxylic acids is 1. The van der Waals surface area contributed by atoms with Gasteiger partial charge in [0, 0.05) is 24.3 Å². The second-order valence-electron chi connectivity index (χ2n) is 6.00. The molecule has 0 bridgehead atoms. The molecule has 1 aliphatic heterocycles. The molecule has 2 unspecified atom stereocenters. The fourth-order valence-electron chi connectivity index (χ4n) is 2.97. The maximum atomic E-state index is 11.5. The Morgan fingerprint density at radius 1 is 1.40 bits per heavy atom. The molecule has 3 rings (SSSR count). The molecule has 0 saturated heterocycles. The van der Waals surface area contributed by atoms with Gasteiger partial charge in [-0.1, -0.05) is 18.2 Å². The molecule has 1 aliphatic carbocycles. The lowest BCUT2D eigenvalue weighted by Gasteiger charge is -2.38. The highest BCUT2D eigenvalue weighted by Crippen LogP contribution is 2.30. The Labute approximate surface area is 119 Å². The molecule has 1 fully saturated rings. The number of hydrogen-bond donors (Lipinski definition) is 2. The minimum Gasteiger partial charge on any atom is -0.480 e. The van der Waals surface area contributed by atoms with Crippen molar-refractivity contribution in [3.05, 3.63) is 29.8 Å². The molecule has 0 spiro atoms. The van der Waals surface area contributed by atoms with Gasteiger partial charge < -0.3 is 15.3 Å². The quantitative estimate of drug-likeness (QED) is 0.862. The van der Waals surface area contributed by atoms with Crippen LogP contribution < -0.4 is 10.2 Å². The minimum absolute atomic E-state index is 0.396. The maximum Gasteiger partial charge on any atom is 0.322 e. The second-order valence-corrected chi connectivity index (χ2v) is 6.00. The van der Waals surface area contributed by atoms with Crippen LogP contribution >= 0.6 is 0 Å². The van der Waals surface area contributed by atoms with Gasteiger partial charge in [0.15, 0.2) is 0 Å². The molecular weight excluding hydrogens is 252 g/mol. The zero-order valence-corrected chi connectivity index (χ0v) is 11.9. The lowest BCUT2D eigenvalue weighted by atomic mass is 9.96. The summed E-state index contributed by atoms with van der Waals surface area (Å²) in [4.78, 5) is 13.7. The van der Waals surface area contributed by atoms with Crippen LogP contribution in [-0.4, -0.2) is 35.7 Å². The van der Waals surface area contributed by atoms with Crippen molar-refractivity contribution in [2.45, 2.75) is 50.7 Å². The van der Waals surface area contributed by atoms with Gasteiger partial charge >= 0.3 is 5.97 Å². The van der Waals surface area contributed by atoms with Crippen LogP contribution in [-0.2, 0) is 11.2 Å². The zero-order chi connectivity index (χ0) is 14.1. The van der Waals surface area contributed by atoms with E-state index in [-0.39, 0.29) is 0 Å². The van der Waals surface area contributed by atoms with Crippen molar-refractivity contribution in [3.63, 3.8) is 0 Å². The van der Waals surface area contributed by atoms with Gasteiger partial charge in [-0.05, 0) is 44.2 Å². The summed E-state index contributed by atoms with van der Waals surface area (Å²) in [6.07, 6.45) is 4.39. The molecule has 2 N–H and O–H groups in total. The summed E-state index contributed by atoms with van der Waals surface area (Å²) in [7, 11) is 0. The number of hydrogen-bond acceptors (Lipinski definition) is 3. The van der Waals surface area contributed by atoms with E-state index in [4.69, 9.17) is 0 Å². The number of nitrogens with one attached hydrogen (secondary N) is 1. The summed E-state index contributed by atoms with van der Waals surface area (Å²) in [5.41, 5.74) is 2.54. The monoisotopic (exact) mass is 274 g/mol. The van der Waals surface area contributed by atoms with E-state index in [1.807, 2.05) is 6.07 Å². The van der Waals surface area contributed by atoms with Crippen LogP contribution in [0.1, 0.15) is 31.7 Å². The lowest BCUT2D eigenvalue weighted by molar-refractivity contribution is -0.139. The number of para-hydroxylation sites is 1. The van der Waals surface area contributed by atoms with Crippen molar-refractivity contribution in [1.29, 1.82) is 0 Å². The fraction of sp³-hybridized carbons (Fsp3) is 0.562. The Hall–Kier alpha value is -1.55. The summed E-state index contributed by atoms with van der Waals surface area (Å²) in [6.45, 7) is 2.73. The summed E-state index contributed by atoms with van der Waals surface area (Å²) >= 11 is 0. The molecule has 4 heteroatoms. The molecule has 108 valence electrons. The number of carboxylic acid groups (broad SMARTS) is 1. The van der Waals surface area contributed by atoms with Crippen molar-refractivity contribution in [3.8, 4) is 0 Å². The van der Waals surface area contributed by atoms with E-state index >= 15 is 0 Å². The summed E-state index contributed by atoms with van der Waals surface area (Å²) in [5.74, 6) is -0.743. The molecule has 0 amide bonds. The fourth-order valence-corrected chi connectivity index (χ4v) is 2.97. The van der Waals surface area contributed by atoms with Crippen LogP contribution in [0, 0.1) is 0 Å². The first-order valence-electron chi connectivity index (χ1n) is 7.48. The predicted molar refractivity (Wildman–Crippen MR) is 79.2 cm³/mol. The van der Waals surface area contributed by atoms with Gasteiger partial charge in [-0.25, -0.2) is 0 Å². The number of carbonyl (C=O) groups is 1. The molecule has 4 nitrogen and oxygen atoms in total. The minimum atomic E-state index is -0.743. The van der Waals surface area contributed by atoms with Crippen LogP contribution in [0.3, 0.4) is 0 Å². The van der Waals surface area contributed by atoms with Crippen LogP contribution in [0.25, 0.3) is 0 Å². The predicted octanol–water partition coefficient (Wildman–Crippen LogP) is 2.03. The Balaban J connectivity index is 1.78. The van der Waals surface area contributed by atoms with E-state index in [1.54, 1.807) is 0 Å². The molecule has 0 radical (unpaired) electrons. The zero-order valence-electron chi connectivity index (χ0n) is 11.9. The lowest BCUT2D eigenvalue weighted by Crippen LogP contribution is -2.50. The van der Waals surface area contributed by atoms with Gasteiger partial charge in [0.2, 0.25) is 0 Å². The van der Waals surface area contributed by atoms with E-state index < -0.39 is 12.0 Å². The molecule has 1 aromatic rings. The Bertz CT molecular complexity index is 499. The smallest absolute Gasteiger partial charge is 0.322 e. The number of nitrogens with zero attached hydrogens (tertiary/aromatic N) is 1. The third-order valence-corrected chi connectivity index (χ3v) is 4.36. The van der Waals surface area contributed by atoms with Crippen molar-refractivity contribution < 1.29 is 9.90 Å². The van der Waals surface area contributed by atoms with Crippen LogP contribution in [0.15, 0.2) is 24.3 Å². The number of fused-ring (bicyclic) bond motifs is 1. The Kier molecular flexibility index (Phi) is 3.66. The van der Waals surface area contributed by atoms with E-state index in [0.717, 1.165) is 25.7 Å². The average Bonchev–Trinajstić information content (AvgIpc) is 3.24. The maximum absolute atomic E-state index is 11.5.